The molecule has 0 saturated carbocycles. The van der Waals surface area contributed by atoms with Crippen LogP contribution >= 0.6 is 22.6 Å². The maximum atomic E-state index is 13.1. The fraction of sp³-hybridized carbons (Fsp3) is 0.133. The van der Waals surface area contributed by atoms with Gasteiger partial charge in [0.1, 0.15) is 11.6 Å². The van der Waals surface area contributed by atoms with E-state index in [2.05, 4.69) is 0 Å². The molecule has 98 valence electrons. The summed E-state index contributed by atoms with van der Waals surface area (Å²) in [7, 11) is 1.58. The van der Waals surface area contributed by atoms with Crippen molar-refractivity contribution in [1.29, 1.82) is 0 Å². The number of aryl methyl sites for hydroxylation is 1. The number of ether oxygens (including phenoxy) is 1. The summed E-state index contributed by atoms with van der Waals surface area (Å²) in [5.41, 5.74) is 1.95. The lowest BCUT2D eigenvalue weighted by molar-refractivity contribution is 0.103. The molecular formula is C15H12FIO2. The smallest absolute Gasteiger partial charge is 0.194 e. The van der Waals surface area contributed by atoms with E-state index in [1.165, 1.54) is 18.2 Å². The first-order valence-electron chi connectivity index (χ1n) is 5.67. The van der Waals surface area contributed by atoms with Crippen LogP contribution in [0.1, 0.15) is 21.5 Å². The highest BCUT2D eigenvalue weighted by Crippen LogP contribution is 2.22. The van der Waals surface area contributed by atoms with E-state index >= 15 is 0 Å². The van der Waals surface area contributed by atoms with Gasteiger partial charge in [0.15, 0.2) is 5.78 Å². The molecule has 0 saturated heterocycles. The van der Waals surface area contributed by atoms with E-state index in [1.807, 2.05) is 35.6 Å². The summed E-state index contributed by atoms with van der Waals surface area (Å²) in [6.45, 7) is 1.85. The summed E-state index contributed by atoms with van der Waals surface area (Å²) in [6, 6.07) is 9.46. The molecule has 0 heterocycles. The number of carbonyl (C=O) groups excluding carboxylic acids is 1. The Hall–Kier alpha value is -1.43. The zero-order valence-electron chi connectivity index (χ0n) is 10.5. The van der Waals surface area contributed by atoms with Crippen molar-refractivity contribution in [2.75, 3.05) is 7.11 Å². The van der Waals surface area contributed by atoms with Crippen LogP contribution in [0.2, 0.25) is 0 Å². The van der Waals surface area contributed by atoms with Gasteiger partial charge in [0.2, 0.25) is 0 Å². The standard InChI is InChI=1S/C15H12FIO2/c1-9-7-11(19-2)4-6-12(9)15(18)13-5-3-10(16)8-14(13)17/h3-8H,1-2H3. The number of methoxy groups -OCH3 is 1. The lowest BCUT2D eigenvalue weighted by atomic mass is 9.99. The van der Waals surface area contributed by atoms with Crippen LogP contribution in [-0.4, -0.2) is 12.9 Å². The Bertz CT molecular complexity index is 638. The number of halogens is 2. The highest BCUT2D eigenvalue weighted by Gasteiger charge is 2.15. The molecule has 19 heavy (non-hydrogen) atoms. The summed E-state index contributed by atoms with van der Waals surface area (Å²) in [5, 5.41) is 0. The van der Waals surface area contributed by atoms with Gasteiger partial charge in [0, 0.05) is 14.7 Å². The molecule has 0 spiro atoms. The first-order chi connectivity index (χ1) is 9.02. The average Bonchev–Trinajstić information content (AvgIpc) is 2.37. The van der Waals surface area contributed by atoms with Gasteiger partial charge in [-0.2, -0.15) is 0 Å². The predicted octanol–water partition coefficient (Wildman–Crippen LogP) is 3.98. The van der Waals surface area contributed by atoms with E-state index in [-0.39, 0.29) is 11.6 Å². The molecule has 2 aromatic rings. The number of ketones is 1. The minimum Gasteiger partial charge on any atom is -0.497 e. The maximum Gasteiger partial charge on any atom is 0.194 e. The van der Waals surface area contributed by atoms with Gasteiger partial charge in [0.25, 0.3) is 0 Å². The number of hydrogen-bond donors (Lipinski definition) is 0. The van der Waals surface area contributed by atoms with Gasteiger partial charge in [-0.05, 0) is 71.5 Å². The van der Waals surface area contributed by atoms with Crippen molar-refractivity contribution < 1.29 is 13.9 Å². The first kappa shape index (κ1) is 14.0. The van der Waals surface area contributed by atoms with E-state index in [9.17, 15) is 9.18 Å². The molecule has 0 fully saturated rings. The molecule has 4 heteroatoms. The van der Waals surface area contributed by atoms with Crippen LogP contribution in [0.25, 0.3) is 0 Å². The number of hydrogen-bond acceptors (Lipinski definition) is 2. The quantitative estimate of drug-likeness (QED) is 0.604. The molecule has 0 aromatic heterocycles. The van der Waals surface area contributed by atoms with Crippen LogP contribution in [0.5, 0.6) is 5.75 Å². The lowest BCUT2D eigenvalue weighted by Crippen LogP contribution is -2.06. The van der Waals surface area contributed by atoms with Crippen LogP contribution in [0.15, 0.2) is 36.4 Å². The molecule has 0 aliphatic rings. The van der Waals surface area contributed by atoms with Crippen molar-refractivity contribution in [2.45, 2.75) is 6.92 Å². The molecule has 0 N–H and O–H groups in total. The van der Waals surface area contributed by atoms with Crippen molar-refractivity contribution in [3.63, 3.8) is 0 Å². The highest BCUT2D eigenvalue weighted by molar-refractivity contribution is 14.1. The van der Waals surface area contributed by atoms with Gasteiger partial charge in [-0.15, -0.1) is 0 Å². The van der Waals surface area contributed by atoms with Crippen LogP contribution in [0.4, 0.5) is 4.39 Å². The fourth-order valence-electron chi connectivity index (χ4n) is 1.84. The Kier molecular flexibility index (Phi) is 4.19. The minimum absolute atomic E-state index is 0.107. The normalized spacial score (nSPS) is 10.3. The summed E-state index contributed by atoms with van der Waals surface area (Å²) in [6.07, 6.45) is 0. The number of carbonyl (C=O) groups is 1. The van der Waals surface area contributed by atoms with Crippen LogP contribution in [-0.2, 0) is 0 Å². The van der Waals surface area contributed by atoms with Gasteiger partial charge in [0.05, 0.1) is 7.11 Å². The lowest BCUT2D eigenvalue weighted by Gasteiger charge is -2.08. The Morgan fingerprint density at radius 1 is 1.16 bits per heavy atom. The van der Waals surface area contributed by atoms with Crippen LogP contribution in [0, 0.1) is 16.3 Å². The number of benzene rings is 2. The van der Waals surface area contributed by atoms with Crippen molar-refractivity contribution in [2.24, 2.45) is 0 Å². The van der Waals surface area contributed by atoms with Gasteiger partial charge in [-0.25, -0.2) is 4.39 Å². The van der Waals surface area contributed by atoms with Crippen molar-refractivity contribution >= 4 is 28.4 Å². The minimum atomic E-state index is -0.340. The predicted molar refractivity (Wildman–Crippen MR) is 80.3 cm³/mol. The van der Waals surface area contributed by atoms with Gasteiger partial charge < -0.3 is 4.74 Å². The molecule has 0 unspecified atom stereocenters. The second-order valence-electron chi connectivity index (χ2n) is 4.13. The summed E-state index contributed by atoms with van der Waals surface area (Å²) in [5.74, 6) is 0.264. The summed E-state index contributed by atoms with van der Waals surface area (Å²) in [4.78, 5) is 12.4. The second kappa shape index (κ2) is 5.69. The van der Waals surface area contributed by atoms with Gasteiger partial charge in [-0.1, -0.05) is 0 Å². The SMILES string of the molecule is COc1ccc(C(=O)c2ccc(F)cc2I)c(C)c1. The topological polar surface area (TPSA) is 26.3 Å². The van der Waals surface area contributed by atoms with Crippen molar-refractivity contribution in [3.8, 4) is 5.75 Å². The molecule has 2 nitrogen and oxygen atoms in total. The zero-order valence-corrected chi connectivity index (χ0v) is 12.7. The highest BCUT2D eigenvalue weighted by atomic mass is 127. The second-order valence-corrected chi connectivity index (χ2v) is 5.30. The molecule has 0 atom stereocenters. The zero-order chi connectivity index (χ0) is 14.0. The Labute approximate surface area is 124 Å². The van der Waals surface area contributed by atoms with Gasteiger partial charge >= 0.3 is 0 Å². The summed E-state index contributed by atoms with van der Waals surface area (Å²) < 4.78 is 18.8. The van der Waals surface area contributed by atoms with E-state index in [0.29, 0.717) is 20.4 Å². The third-order valence-corrected chi connectivity index (χ3v) is 3.75. The Morgan fingerprint density at radius 3 is 2.42 bits per heavy atom. The monoisotopic (exact) mass is 370 g/mol. The Morgan fingerprint density at radius 2 is 1.84 bits per heavy atom. The average molecular weight is 370 g/mol. The maximum absolute atomic E-state index is 13.1. The largest absolute Gasteiger partial charge is 0.497 e. The molecule has 2 aromatic carbocycles. The van der Waals surface area contributed by atoms with E-state index in [4.69, 9.17) is 4.74 Å². The molecule has 2 rings (SSSR count). The molecule has 0 aliphatic carbocycles. The first-order valence-corrected chi connectivity index (χ1v) is 6.75. The van der Waals surface area contributed by atoms with Crippen molar-refractivity contribution in [1.82, 2.24) is 0 Å². The number of rotatable bonds is 3. The molecule has 0 aliphatic heterocycles. The molecule has 0 radical (unpaired) electrons. The van der Waals surface area contributed by atoms with E-state index < -0.39 is 0 Å². The third kappa shape index (κ3) is 2.94. The fourth-order valence-corrected chi connectivity index (χ4v) is 2.56. The Balaban J connectivity index is 2.44. The van der Waals surface area contributed by atoms with E-state index in [1.54, 1.807) is 19.2 Å². The third-order valence-electron chi connectivity index (χ3n) is 2.85. The van der Waals surface area contributed by atoms with Gasteiger partial charge in [-0.3, -0.25) is 4.79 Å². The molecule has 0 amide bonds. The van der Waals surface area contributed by atoms with Crippen LogP contribution in [0.3, 0.4) is 0 Å². The van der Waals surface area contributed by atoms with E-state index in [0.717, 1.165) is 5.56 Å². The molecular weight excluding hydrogens is 358 g/mol. The van der Waals surface area contributed by atoms with Crippen LogP contribution < -0.4 is 4.74 Å². The summed E-state index contributed by atoms with van der Waals surface area (Å²) >= 11 is 1.97. The molecule has 0 bridgehead atoms. The van der Waals surface area contributed by atoms with Crippen molar-refractivity contribution in [3.05, 3.63) is 62.5 Å².